The van der Waals surface area contributed by atoms with E-state index in [1.54, 1.807) is 10.8 Å². The van der Waals surface area contributed by atoms with Crippen molar-refractivity contribution in [3.8, 4) is 0 Å². The number of ether oxygens (including phenoxy) is 1. The number of hydrogen-bond donors (Lipinski definition) is 0. The van der Waals surface area contributed by atoms with E-state index in [1.165, 1.54) is 0 Å². The predicted octanol–water partition coefficient (Wildman–Crippen LogP) is 3.73. The Morgan fingerprint density at radius 3 is 2.94 bits per heavy atom. The monoisotopic (exact) mass is 231 g/mol. The summed E-state index contributed by atoms with van der Waals surface area (Å²) in [7, 11) is 0. The van der Waals surface area contributed by atoms with Crippen LogP contribution in [0.25, 0.3) is 10.9 Å². The lowest BCUT2D eigenvalue weighted by molar-refractivity contribution is 0.147. The van der Waals surface area contributed by atoms with Crippen LogP contribution in [0.3, 0.4) is 0 Å². The lowest BCUT2D eigenvalue weighted by Gasteiger charge is -2.07. The van der Waals surface area contributed by atoms with Crippen LogP contribution in [-0.2, 0) is 4.74 Å². The molecular formula is C14H17NO2. The molecule has 0 saturated heterocycles. The Hall–Kier alpha value is -1.77. The average Bonchev–Trinajstić information content (AvgIpc) is 2.74. The predicted molar refractivity (Wildman–Crippen MR) is 68.3 cm³/mol. The summed E-state index contributed by atoms with van der Waals surface area (Å²) in [6, 6.07) is 7.92. The fraction of sp³-hybridized carbons (Fsp3) is 0.357. The molecule has 2 aromatic rings. The van der Waals surface area contributed by atoms with Gasteiger partial charge in [0.05, 0.1) is 12.1 Å². The van der Waals surface area contributed by atoms with Crippen LogP contribution in [0.4, 0.5) is 4.79 Å². The van der Waals surface area contributed by atoms with E-state index in [0.717, 1.165) is 29.3 Å². The summed E-state index contributed by atoms with van der Waals surface area (Å²) in [5, 5.41) is 1.07. The number of fused-ring (bicyclic) bond motifs is 1. The van der Waals surface area contributed by atoms with E-state index < -0.39 is 0 Å². The van der Waals surface area contributed by atoms with Crippen molar-refractivity contribution in [2.75, 3.05) is 6.61 Å². The van der Waals surface area contributed by atoms with Gasteiger partial charge in [0, 0.05) is 11.6 Å². The van der Waals surface area contributed by atoms with E-state index >= 15 is 0 Å². The SMILES string of the molecule is CCCCOC(=O)n1ccc2cccc(C)c21. The first-order valence-electron chi connectivity index (χ1n) is 5.98. The number of para-hydroxylation sites is 1. The zero-order chi connectivity index (χ0) is 12.3. The Morgan fingerprint density at radius 2 is 2.18 bits per heavy atom. The van der Waals surface area contributed by atoms with Gasteiger partial charge in [-0.05, 0) is 25.0 Å². The van der Waals surface area contributed by atoms with E-state index in [-0.39, 0.29) is 6.09 Å². The fourth-order valence-electron chi connectivity index (χ4n) is 1.90. The Morgan fingerprint density at radius 1 is 1.35 bits per heavy atom. The first-order chi connectivity index (χ1) is 8.24. The zero-order valence-corrected chi connectivity index (χ0v) is 10.3. The summed E-state index contributed by atoms with van der Waals surface area (Å²) in [4.78, 5) is 11.9. The number of rotatable bonds is 3. The average molecular weight is 231 g/mol. The number of nitrogens with zero attached hydrogens (tertiary/aromatic N) is 1. The minimum Gasteiger partial charge on any atom is -0.449 e. The zero-order valence-electron chi connectivity index (χ0n) is 10.3. The number of benzene rings is 1. The molecule has 0 atom stereocenters. The van der Waals surface area contributed by atoms with Gasteiger partial charge in [0.25, 0.3) is 0 Å². The van der Waals surface area contributed by atoms with Crippen LogP contribution < -0.4 is 0 Å². The number of carbonyl (C=O) groups excluding carboxylic acids is 1. The van der Waals surface area contributed by atoms with Gasteiger partial charge in [0.1, 0.15) is 0 Å². The maximum absolute atomic E-state index is 11.9. The summed E-state index contributed by atoms with van der Waals surface area (Å²) in [6.45, 7) is 4.56. The summed E-state index contributed by atoms with van der Waals surface area (Å²) in [6.07, 6.45) is 3.41. The van der Waals surface area contributed by atoms with Crippen LogP contribution in [0.2, 0.25) is 0 Å². The molecule has 0 unspecified atom stereocenters. The molecule has 0 N–H and O–H groups in total. The van der Waals surface area contributed by atoms with Crippen molar-refractivity contribution in [1.29, 1.82) is 0 Å². The Labute approximate surface area is 101 Å². The van der Waals surface area contributed by atoms with Gasteiger partial charge in [-0.3, -0.25) is 4.57 Å². The molecule has 0 spiro atoms. The highest BCUT2D eigenvalue weighted by molar-refractivity contribution is 5.91. The second-order valence-corrected chi connectivity index (χ2v) is 4.17. The van der Waals surface area contributed by atoms with Gasteiger partial charge in [-0.1, -0.05) is 31.5 Å². The number of hydrogen-bond acceptors (Lipinski definition) is 2. The minimum atomic E-state index is -0.289. The van der Waals surface area contributed by atoms with Gasteiger partial charge in [-0.2, -0.15) is 0 Å². The molecule has 17 heavy (non-hydrogen) atoms. The number of carbonyl (C=O) groups is 1. The van der Waals surface area contributed by atoms with Crippen molar-refractivity contribution < 1.29 is 9.53 Å². The third kappa shape index (κ3) is 2.33. The smallest absolute Gasteiger partial charge is 0.418 e. The molecule has 0 fully saturated rings. The van der Waals surface area contributed by atoms with Gasteiger partial charge in [-0.25, -0.2) is 4.79 Å². The maximum Gasteiger partial charge on any atom is 0.418 e. The van der Waals surface area contributed by atoms with Gasteiger partial charge in [-0.15, -0.1) is 0 Å². The van der Waals surface area contributed by atoms with Crippen LogP contribution in [0, 0.1) is 6.92 Å². The summed E-state index contributed by atoms with van der Waals surface area (Å²) in [5.74, 6) is 0. The quantitative estimate of drug-likeness (QED) is 0.753. The second kappa shape index (κ2) is 5.04. The van der Waals surface area contributed by atoms with E-state index in [9.17, 15) is 4.79 Å². The van der Waals surface area contributed by atoms with Gasteiger partial charge < -0.3 is 4.74 Å². The highest BCUT2D eigenvalue weighted by Gasteiger charge is 2.10. The third-order valence-corrected chi connectivity index (χ3v) is 2.83. The van der Waals surface area contributed by atoms with Crippen molar-refractivity contribution in [2.45, 2.75) is 26.7 Å². The standard InChI is InChI=1S/C14H17NO2/c1-3-4-10-17-14(16)15-9-8-12-7-5-6-11(2)13(12)15/h5-9H,3-4,10H2,1-2H3. The lowest BCUT2D eigenvalue weighted by Crippen LogP contribution is -2.13. The summed E-state index contributed by atoms with van der Waals surface area (Å²) >= 11 is 0. The van der Waals surface area contributed by atoms with Crippen LogP contribution >= 0.6 is 0 Å². The van der Waals surface area contributed by atoms with Crippen molar-refractivity contribution >= 4 is 17.0 Å². The van der Waals surface area contributed by atoms with Crippen LogP contribution in [0.1, 0.15) is 25.3 Å². The van der Waals surface area contributed by atoms with Crippen LogP contribution in [0.5, 0.6) is 0 Å². The molecule has 0 aliphatic carbocycles. The molecule has 0 radical (unpaired) electrons. The molecule has 2 rings (SSSR count). The Balaban J connectivity index is 2.26. The molecule has 0 aliphatic heterocycles. The molecule has 0 bridgehead atoms. The molecular weight excluding hydrogens is 214 g/mol. The van der Waals surface area contributed by atoms with E-state index in [0.29, 0.717) is 6.61 Å². The summed E-state index contributed by atoms with van der Waals surface area (Å²) < 4.78 is 6.80. The highest BCUT2D eigenvalue weighted by atomic mass is 16.5. The molecule has 1 heterocycles. The van der Waals surface area contributed by atoms with Crippen LogP contribution in [0.15, 0.2) is 30.5 Å². The van der Waals surface area contributed by atoms with Crippen LogP contribution in [-0.4, -0.2) is 17.3 Å². The second-order valence-electron chi connectivity index (χ2n) is 4.17. The molecule has 1 aromatic heterocycles. The molecule has 3 heteroatoms. The van der Waals surface area contributed by atoms with Crippen molar-refractivity contribution in [1.82, 2.24) is 4.57 Å². The van der Waals surface area contributed by atoms with Gasteiger partial charge in [0.15, 0.2) is 0 Å². The fourth-order valence-corrected chi connectivity index (χ4v) is 1.90. The molecule has 0 amide bonds. The molecule has 0 saturated carbocycles. The van der Waals surface area contributed by atoms with E-state index in [1.807, 2.05) is 31.2 Å². The molecule has 0 aliphatic rings. The van der Waals surface area contributed by atoms with E-state index in [4.69, 9.17) is 4.74 Å². The van der Waals surface area contributed by atoms with Gasteiger partial charge >= 0.3 is 6.09 Å². The maximum atomic E-state index is 11.9. The molecule has 1 aromatic carbocycles. The third-order valence-electron chi connectivity index (χ3n) is 2.83. The number of aryl methyl sites for hydroxylation is 1. The summed E-state index contributed by atoms with van der Waals surface area (Å²) in [5.41, 5.74) is 2.02. The number of unbranched alkanes of at least 4 members (excludes halogenated alkanes) is 1. The van der Waals surface area contributed by atoms with Gasteiger partial charge in [0.2, 0.25) is 0 Å². The van der Waals surface area contributed by atoms with Crippen molar-refractivity contribution in [3.05, 3.63) is 36.0 Å². The molecule has 3 nitrogen and oxygen atoms in total. The normalized spacial score (nSPS) is 10.7. The Bertz CT molecular complexity index is 528. The van der Waals surface area contributed by atoms with Crippen molar-refractivity contribution in [3.63, 3.8) is 0 Å². The van der Waals surface area contributed by atoms with Crippen molar-refractivity contribution in [2.24, 2.45) is 0 Å². The first-order valence-corrected chi connectivity index (χ1v) is 5.98. The largest absolute Gasteiger partial charge is 0.449 e. The Kier molecular flexibility index (Phi) is 3.47. The number of aromatic nitrogens is 1. The first kappa shape index (κ1) is 11.7. The van der Waals surface area contributed by atoms with E-state index in [2.05, 4.69) is 6.92 Å². The highest BCUT2D eigenvalue weighted by Crippen LogP contribution is 2.19. The topological polar surface area (TPSA) is 31.2 Å². The lowest BCUT2D eigenvalue weighted by atomic mass is 10.2. The minimum absolute atomic E-state index is 0.289. The molecule has 90 valence electrons.